The normalized spacial score (nSPS) is 48.7. The van der Waals surface area contributed by atoms with Gasteiger partial charge in [0.2, 0.25) is 0 Å². The minimum absolute atomic E-state index is 0.242. The minimum Gasteiger partial charge on any atom is -0.365 e. The highest BCUT2D eigenvalue weighted by molar-refractivity contribution is 5.95. The molecule has 2 heterocycles. The number of fused-ring (bicyclic) bond motifs is 5. The lowest BCUT2D eigenvalue weighted by molar-refractivity contribution is -0.288. The zero-order valence-corrected chi connectivity index (χ0v) is 47.6. The van der Waals surface area contributed by atoms with Crippen molar-refractivity contribution in [2.75, 3.05) is 13.2 Å². The summed E-state index contributed by atoms with van der Waals surface area (Å²) in [6.45, 7) is 42.5. The van der Waals surface area contributed by atoms with Crippen LogP contribution in [-0.4, -0.2) is 42.3 Å². The van der Waals surface area contributed by atoms with E-state index in [1.165, 1.54) is 108 Å². The van der Waals surface area contributed by atoms with Gasteiger partial charge >= 0.3 is 0 Å². The predicted molar refractivity (Wildman–Crippen MR) is 278 cm³/mol. The predicted octanol–water partition coefficient (Wildman–Crippen LogP) is 16.1. The molecule has 14 rings (SSSR count). The fraction of sp³-hybridized carbons (Fsp3) is 0.938. The molecular formula is C64H102O5. The summed E-state index contributed by atoms with van der Waals surface area (Å²) in [4.78, 5) is 24.4. The van der Waals surface area contributed by atoms with Crippen molar-refractivity contribution in [2.24, 2.45) is 100 Å². The van der Waals surface area contributed by atoms with Crippen molar-refractivity contribution in [3.8, 4) is 0 Å². The number of Topliss-reactive ketones (excluding diaryl/α,β-unsaturated/α-hetero) is 2. The average Bonchev–Trinajstić information content (AvgIpc) is 4.06. The Morgan fingerprint density at radius 2 is 1.10 bits per heavy atom. The van der Waals surface area contributed by atoms with Crippen LogP contribution < -0.4 is 0 Å². The van der Waals surface area contributed by atoms with Crippen molar-refractivity contribution in [3.63, 3.8) is 0 Å². The molecule has 0 aromatic rings. The molecule has 0 amide bonds. The molecule has 0 aromatic heterocycles. The number of hydrogen-bond donors (Lipinski definition) is 0. The van der Waals surface area contributed by atoms with Gasteiger partial charge in [-0.1, -0.05) is 116 Å². The Kier molecular flexibility index (Phi) is 10.7. The maximum atomic E-state index is 12.4. The van der Waals surface area contributed by atoms with Crippen LogP contribution in [0.25, 0.3) is 0 Å². The van der Waals surface area contributed by atoms with Gasteiger partial charge in [0.15, 0.2) is 11.6 Å². The number of allylic oxidation sites excluding steroid dienone is 2. The molecule has 13 fully saturated rings. The van der Waals surface area contributed by atoms with Gasteiger partial charge in [-0.25, -0.2) is 0 Å². The first-order chi connectivity index (χ1) is 31.8. The highest BCUT2D eigenvalue weighted by Crippen LogP contribution is 2.84. The second-order valence-corrected chi connectivity index (χ2v) is 32.5. The Morgan fingerprint density at radius 1 is 0.522 bits per heavy atom. The third-order valence-corrected chi connectivity index (χ3v) is 28.1. The van der Waals surface area contributed by atoms with E-state index in [2.05, 4.69) is 111 Å². The van der Waals surface area contributed by atoms with Crippen molar-refractivity contribution < 1.29 is 23.8 Å². The molecule has 12 unspecified atom stereocenters. The molecule has 5 heteroatoms. The van der Waals surface area contributed by atoms with Gasteiger partial charge in [-0.15, -0.1) is 0 Å². The monoisotopic (exact) mass is 951 g/mol. The molecule has 6 spiro atoms. The third-order valence-electron chi connectivity index (χ3n) is 28.1. The van der Waals surface area contributed by atoms with Crippen LogP contribution in [0.4, 0.5) is 0 Å². The van der Waals surface area contributed by atoms with Crippen molar-refractivity contribution in [1.82, 2.24) is 0 Å². The van der Waals surface area contributed by atoms with Gasteiger partial charge in [-0.05, 0) is 211 Å². The van der Waals surface area contributed by atoms with Crippen molar-refractivity contribution in [2.45, 2.75) is 264 Å². The number of ether oxygens (including phenoxy) is 3. The van der Waals surface area contributed by atoms with E-state index in [0.717, 1.165) is 62.6 Å². The van der Waals surface area contributed by atoms with Gasteiger partial charge in [0, 0.05) is 30.1 Å². The number of rotatable bonds is 1. The molecule has 2 aliphatic heterocycles. The van der Waals surface area contributed by atoms with Crippen LogP contribution in [0.15, 0.2) is 11.1 Å². The molecule has 12 atom stereocenters. The number of carbonyl (C=O) groups excluding carboxylic acids is 2. The number of hydrogen-bond acceptors (Lipinski definition) is 5. The van der Waals surface area contributed by atoms with Crippen LogP contribution in [0.3, 0.4) is 0 Å². The summed E-state index contributed by atoms with van der Waals surface area (Å²) in [6, 6.07) is 0. The standard InChI is InChI=1S/C17H28O2.C17H26O.2C15H24O/c1-14(2)7-8-17(18-9-10-19-17)13-15(3,4)12-5-6-16(13,14)11-12;1-11(18)13-7-8-15(2,3)17-9-6-12(10-17)16(4,5)14(13)17;1-12(2)7-6-11-15(16-11)13(3,4)10-5-8-14(12,15)9-10;1-13(2)7-6-11(16)12-14(3,4)10-5-8-15(12,13)9-10/h12-13H,5-11H2,1-4H3;12H,6-10H2,1-5H3;10-11H,5-9H2,1-4H3;10,12H,5-9H2,1-4H3. The number of epoxide rings is 1. The summed E-state index contributed by atoms with van der Waals surface area (Å²) >= 11 is 0. The number of ketones is 2. The first-order valence-corrected chi connectivity index (χ1v) is 29.5. The summed E-state index contributed by atoms with van der Waals surface area (Å²) in [5.41, 5.74) is 7.79. The second kappa shape index (κ2) is 14.7. The smallest absolute Gasteiger partial charge is 0.172 e. The fourth-order valence-electron chi connectivity index (χ4n) is 23.8. The Bertz CT molecular complexity index is 2190. The van der Waals surface area contributed by atoms with Crippen LogP contribution in [-0.2, 0) is 23.8 Å². The molecule has 8 bridgehead atoms. The lowest BCUT2D eigenvalue weighted by Gasteiger charge is -2.61. The van der Waals surface area contributed by atoms with E-state index in [0.29, 0.717) is 83.7 Å². The summed E-state index contributed by atoms with van der Waals surface area (Å²) in [7, 11) is 0. The Balaban J connectivity index is 0.000000101. The molecule has 0 radical (unpaired) electrons. The van der Waals surface area contributed by atoms with Crippen LogP contribution in [0.2, 0.25) is 0 Å². The summed E-state index contributed by atoms with van der Waals surface area (Å²) < 4.78 is 18.9. The third kappa shape index (κ3) is 5.95. The molecule has 5 nitrogen and oxygen atoms in total. The van der Waals surface area contributed by atoms with Gasteiger partial charge < -0.3 is 14.2 Å². The zero-order chi connectivity index (χ0) is 50.0. The average molecular weight is 952 g/mol. The van der Waals surface area contributed by atoms with Crippen molar-refractivity contribution in [1.29, 1.82) is 0 Å². The molecule has 2 saturated heterocycles. The van der Waals surface area contributed by atoms with E-state index >= 15 is 0 Å². The molecule has 0 aromatic carbocycles. The van der Waals surface area contributed by atoms with E-state index < -0.39 is 0 Å². The molecule has 11 saturated carbocycles. The van der Waals surface area contributed by atoms with Crippen LogP contribution in [0, 0.1) is 100 Å². The molecular weight excluding hydrogens is 849 g/mol. The summed E-state index contributed by atoms with van der Waals surface area (Å²) in [5, 5.41) is 0. The second-order valence-electron chi connectivity index (χ2n) is 32.5. The molecule has 12 aliphatic carbocycles. The van der Waals surface area contributed by atoms with E-state index in [-0.39, 0.29) is 22.2 Å². The van der Waals surface area contributed by atoms with Crippen molar-refractivity contribution in [3.05, 3.63) is 11.1 Å². The lowest BCUT2D eigenvalue weighted by Crippen LogP contribution is -2.61. The Hall–Kier alpha value is -1.04. The Morgan fingerprint density at radius 3 is 1.74 bits per heavy atom. The first kappa shape index (κ1) is 50.1. The quantitative estimate of drug-likeness (QED) is 0.245. The van der Waals surface area contributed by atoms with Gasteiger partial charge in [0.1, 0.15) is 11.4 Å². The van der Waals surface area contributed by atoms with Crippen LogP contribution >= 0.6 is 0 Å². The summed E-state index contributed by atoms with van der Waals surface area (Å²) in [5.74, 6) is 5.04. The molecule has 14 aliphatic rings. The van der Waals surface area contributed by atoms with E-state index in [9.17, 15) is 9.59 Å². The maximum Gasteiger partial charge on any atom is 0.172 e. The van der Waals surface area contributed by atoms with Gasteiger partial charge in [0.25, 0.3) is 0 Å². The molecule has 0 N–H and O–H groups in total. The highest BCUT2D eigenvalue weighted by Gasteiger charge is 2.86. The van der Waals surface area contributed by atoms with Gasteiger partial charge in [-0.3, -0.25) is 9.59 Å². The van der Waals surface area contributed by atoms with Crippen LogP contribution in [0.5, 0.6) is 0 Å². The Labute approximate surface area is 422 Å². The minimum atomic E-state index is -0.242. The van der Waals surface area contributed by atoms with Gasteiger partial charge in [-0.2, -0.15) is 0 Å². The first-order valence-electron chi connectivity index (χ1n) is 29.5. The number of carbonyl (C=O) groups is 2. The van der Waals surface area contributed by atoms with Crippen molar-refractivity contribution >= 4 is 11.6 Å². The highest BCUT2D eigenvalue weighted by atomic mass is 16.7. The lowest BCUT2D eigenvalue weighted by atomic mass is 9.47. The zero-order valence-electron chi connectivity index (χ0n) is 47.6. The van der Waals surface area contributed by atoms with Crippen LogP contribution in [0.1, 0.15) is 246 Å². The SMILES string of the molecule is CC(=O)C1=C2C(C)(C)C3CCC2(C3)C(C)(C)CC1.CC1(C)C2CCC3(C2)C1C(=O)CCC3(C)C.CC1(C)C2CCC3(C2)C1C1(CCC3(C)C)OCCO1.CC1(C)CCC2OC23C(C)(C)C2CCC13C2. The molecule has 69 heavy (non-hydrogen) atoms. The topological polar surface area (TPSA) is 65.1 Å². The fourth-order valence-corrected chi connectivity index (χ4v) is 23.8. The van der Waals surface area contributed by atoms with Gasteiger partial charge in [0.05, 0.1) is 19.3 Å². The largest absolute Gasteiger partial charge is 0.365 e. The van der Waals surface area contributed by atoms with E-state index in [1.807, 2.05) is 0 Å². The van der Waals surface area contributed by atoms with E-state index in [1.54, 1.807) is 12.5 Å². The molecule has 388 valence electrons. The van der Waals surface area contributed by atoms with E-state index in [4.69, 9.17) is 14.2 Å². The maximum absolute atomic E-state index is 12.4. The summed E-state index contributed by atoms with van der Waals surface area (Å²) in [6.07, 6.45) is 26.4.